The third-order valence-electron chi connectivity index (χ3n) is 4.68. The van der Waals surface area contributed by atoms with Crippen LogP contribution in [0.15, 0.2) is 24.3 Å². The number of aromatic nitrogens is 2. The van der Waals surface area contributed by atoms with Crippen molar-refractivity contribution in [3.63, 3.8) is 0 Å². The number of methoxy groups -OCH3 is 1. The van der Waals surface area contributed by atoms with Crippen molar-refractivity contribution in [2.75, 3.05) is 31.7 Å². The van der Waals surface area contributed by atoms with Crippen molar-refractivity contribution in [1.82, 2.24) is 9.97 Å². The lowest BCUT2D eigenvalue weighted by atomic mass is 9.98. The molecule has 2 aromatic rings. The molecule has 0 spiro atoms. The summed E-state index contributed by atoms with van der Waals surface area (Å²) >= 11 is 0. The zero-order chi connectivity index (χ0) is 17.8. The molecule has 1 aromatic heterocycles. The maximum atomic E-state index is 13.6. The van der Waals surface area contributed by atoms with Crippen LogP contribution in [0.1, 0.15) is 24.2 Å². The maximum absolute atomic E-state index is 13.6. The Labute approximate surface area is 147 Å². The summed E-state index contributed by atoms with van der Waals surface area (Å²) in [5.74, 6) is 1.80. The van der Waals surface area contributed by atoms with Crippen molar-refractivity contribution < 1.29 is 13.9 Å². The molecule has 1 fully saturated rings. The van der Waals surface area contributed by atoms with Crippen LogP contribution in [0.2, 0.25) is 0 Å². The minimum atomic E-state index is -0.310. The van der Waals surface area contributed by atoms with Crippen LogP contribution < -0.4 is 14.4 Å². The normalized spacial score (nSPS) is 15.3. The molecule has 25 heavy (non-hydrogen) atoms. The maximum Gasteiger partial charge on any atom is 0.257 e. The zero-order valence-electron chi connectivity index (χ0n) is 15.0. The van der Waals surface area contributed by atoms with Crippen LogP contribution in [0, 0.1) is 25.6 Å². The Morgan fingerprint density at radius 3 is 2.48 bits per heavy atom. The first-order valence-electron chi connectivity index (χ1n) is 8.60. The number of nitrogens with zero attached hydrogens (tertiary/aromatic N) is 3. The number of para-hydroxylation sites is 1. The fraction of sp³-hybridized carbons (Fsp3) is 0.474. The molecule has 1 aromatic carbocycles. The molecular weight excluding hydrogens is 321 g/mol. The summed E-state index contributed by atoms with van der Waals surface area (Å²) in [7, 11) is 1.62. The molecule has 5 nitrogen and oxygen atoms in total. The van der Waals surface area contributed by atoms with E-state index in [0.717, 1.165) is 43.1 Å². The standard InChI is InChI=1S/C19H24FN3O2/c1-13-14(2)22-19(24-3)18(21-13)23-10-8-15(9-11-23)12-25-17-7-5-4-6-16(17)20/h4-7,15H,8-12H2,1-3H3. The average molecular weight is 345 g/mol. The Morgan fingerprint density at radius 1 is 1.12 bits per heavy atom. The summed E-state index contributed by atoms with van der Waals surface area (Å²) in [5, 5.41) is 0. The van der Waals surface area contributed by atoms with E-state index in [9.17, 15) is 4.39 Å². The summed E-state index contributed by atoms with van der Waals surface area (Å²) < 4.78 is 24.7. The molecule has 0 unspecified atom stereocenters. The molecule has 2 heterocycles. The van der Waals surface area contributed by atoms with E-state index in [1.54, 1.807) is 25.3 Å². The van der Waals surface area contributed by atoms with E-state index < -0.39 is 0 Å². The molecule has 0 bridgehead atoms. The molecule has 3 rings (SSSR count). The first kappa shape index (κ1) is 17.5. The van der Waals surface area contributed by atoms with Gasteiger partial charge in [0.05, 0.1) is 25.1 Å². The average Bonchev–Trinajstić information content (AvgIpc) is 2.63. The molecule has 1 aliphatic rings. The van der Waals surface area contributed by atoms with Crippen LogP contribution in [0.3, 0.4) is 0 Å². The number of benzene rings is 1. The van der Waals surface area contributed by atoms with Gasteiger partial charge in [-0.05, 0) is 44.7 Å². The zero-order valence-corrected chi connectivity index (χ0v) is 15.0. The van der Waals surface area contributed by atoms with Gasteiger partial charge >= 0.3 is 0 Å². The van der Waals surface area contributed by atoms with Gasteiger partial charge in [0.15, 0.2) is 17.4 Å². The molecule has 0 N–H and O–H groups in total. The predicted molar refractivity (Wildman–Crippen MR) is 94.9 cm³/mol. The summed E-state index contributed by atoms with van der Waals surface area (Å²) in [6.45, 7) is 6.14. The van der Waals surface area contributed by atoms with Gasteiger partial charge in [-0.3, -0.25) is 0 Å². The largest absolute Gasteiger partial charge is 0.490 e. The molecule has 0 saturated carbocycles. The second-order valence-electron chi connectivity index (χ2n) is 6.40. The van der Waals surface area contributed by atoms with Crippen molar-refractivity contribution in [2.24, 2.45) is 5.92 Å². The van der Waals surface area contributed by atoms with Crippen molar-refractivity contribution in [3.05, 3.63) is 41.5 Å². The topological polar surface area (TPSA) is 47.5 Å². The summed E-state index contributed by atoms with van der Waals surface area (Å²) in [6, 6.07) is 6.53. The van der Waals surface area contributed by atoms with Crippen molar-refractivity contribution in [1.29, 1.82) is 0 Å². The minimum absolute atomic E-state index is 0.310. The highest BCUT2D eigenvalue weighted by Crippen LogP contribution is 2.29. The van der Waals surface area contributed by atoms with Crippen LogP contribution in [-0.4, -0.2) is 36.8 Å². The Bertz CT molecular complexity index is 731. The first-order valence-corrected chi connectivity index (χ1v) is 8.60. The van der Waals surface area contributed by atoms with Crippen LogP contribution in [0.5, 0.6) is 11.6 Å². The molecule has 0 amide bonds. The van der Waals surface area contributed by atoms with Gasteiger partial charge < -0.3 is 14.4 Å². The highest BCUT2D eigenvalue weighted by atomic mass is 19.1. The number of anilines is 1. The third kappa shape index (κ3) is 4.00. The molecule has 0 atom stereocenters. The quantitative estimate of drug-likeness (QED) is 0.829. The van der Waals surface area contributed by atoms with Gasteiger partial charge in [0.2, 0.25) is 0 Å². The van der Waals surface area contributed by atoms with E-state index in [2.05, 4.69) is 14.9 Å². The number of rotatable bonds is 5. The number of aryl methyl sites for hydroxylation is 2. The lowest BCUT2D eigenvalue weighted by molar-refractivity contribution is 0.215. The molecule has 0 aliphatic carbocycles. The number of piperidine rings is 1. The summed E-state index contributed by atoms with van der Waals surface area (Å²) in [4.78, 5) is 11.3. The van der Waals surface area contributed by atoms with E-state index in [4.69, 9.17) is 9.47 Å². The number of halogens is 1. The van der Waals surface area contributed by atoms with Crippen LogP contribution in [-0.2, 0) is 0 Å². The number of hydrogen-bond donors (Lipinski definition) is 0. The highest BCUT2D eigenvalue weighted by Gasteiger charge is 2.24. The number of ether oxygens (including phenoxy) is 2. The van der Waals surface area contributed by atoms with Crippen molar-refractivity contribution in [3.8, 4) is 11.6 Å². The highest BCUT2D eigenvalue weighted by molar-refractivity contribution is 5.50. The second kappa shape index (κ2) is 7.68. The van der Waals surface area contributed by atoms with Gasteiger partial charge in [-0.25, -0.2) is 14.4 Å². The van der Waals surface area contributed by atoms with Gasteiger partial charge in [0, 0.05) is 13.1 Å². The number of hydrogen-bond acceptors (Lipinski definition) is 5. The second-order valence-corrected chi connectivity index (χ2v) is 6.40. The van der Waals surface area contributed by atoms with E-state index in [0.29, 0.717) is 24.2 Å². The Hall–Kier alpha value is -2.37. The minimum Gasteiger partial charge on any atom is -0.490 e. The van der Waals surface area contributed by atoms with Crippen LogP contribution >= 0.6 is 0 Å². The lowest BCUT2D eigenvalue weighted by Crippen LogP contribution is -2.36. The van der Waals surface area contributed by atoms with Gasteiger partial charge in [0.25, 0.3) is 5.88 Å². The molecule has 134 valence electrons. The lowest BCUT2D eigenvalue weighted by Gasteiger charge is -2.33. The van der Waals surface area contributed by atoms with Crippen LogP contribution in [0.25, 0.3) is 0 Å². The van der Waals surface area contributed by atoms with E-state index in [-0.39, 0.29) is 5.82 Å². The van der Waals surface area contributed by atoms with E-state index in [1.807, 2.05) is 13.8 Å². The van der Waals surface area contributed by atoms with Gasteiger partial charge in [0.1, 0.15) is 0 Å². The Morgan fingerprint density at radius 2 is 1.80 bits per heavy atom. The fourth-order valence-electron chi connectivity index (χ4n) is 2.99. The monoisotopic (exact) mass is 345 g/mol. The molecular formula is C19H24FN3O2. The van der Waals surface area contributed by atoms with E-state index in [1.165, 1.54) is 6.07 Å². The van der Waals surface area contributed by atoms with Gasteiger partial charge in [-0.2, -0.15) is 0 Å². The third-order valence-corrected chi connectivity index (χ3v) is 4.68. The molecule has 6 heteroatoms. The fourth-order valence-corrected chi connectivity index (χ4v) is 2.99. The molecule has 0 radical (unpaired) electrons. The smallest absolute Gasteiger partial charge is 0.257 e. The van der Waals surface area contributed by atoms with Crippen molar-refractivity contribution in [2.45, 2.75) is 26.7 Å². The molecule has 1 saturated heterocycles. The summed E-state index contributed by atoms with van der Waals surface area (Å²) in [5.41, 5.74) is 1.80. The van der Waals surface area contributed by atoms with Gasteiger partial charge in [-0.1, -0.05) is 12.1 Å². The Balaban J connectivity index is 1.59. The Kier molecular flexibility index (Phi) is 5.36. The van der Waals surface area contributed by atoms with E-state index >= 15 is 0 Å². The predicted octanol–water partition coefficient (Wildman–Crippen LogP) is 3.54. The van der Waals surface area contributed by atoms with Crippen LogP contribution in [0.4, 0.5) is 10.2 Å². The first-order chi connectivity index (χ1) is 12.1. The molecule has 1 aliphatic heterocycles. The SMILES string of the molecule is COc1nc(C)c(C)nc1N1CCC(COc2ccccc2F)CC1. The summed E-state index contributed by atoms with van der Waals surface area (Å²) in [6.07, 6.45) is 1.93. The van der Waals surface area contributed by atoms with Gasteiger partial charge in [-0.15, -0.1) is 0 Å². The van der Waals surface area contributed by atoms with Crippen molar-refractivity contribution >= 4 is 5.82 Å².